The highest BCUT2D eigenvalue weighted by atomic mass is 19.1. The van der Waals surface area contributed by atoms with Gasteiger partial charge in [0.1, 0.15) is 34.4 Å². The van der Waals surface area contributed by atoms with Gasteiger partial charge in [0.05, 0.1) is 11.8 Å². The molecule has 2 heterocycles. The summed E-state index contributed by atoms with van der Waals surface area (Å²) >= 11 is 0. The fourth-order valence-corrected chi connectivity index (χ4v) is 4.16. The van der Waals surface area contributed by atoms with Crippen LogP contribution in [0.3, 0.4) is 0 Å². The monoisotopic (exact) mass is 537 g/mol. The van der Waals surface area contributed by atoms with Gasteiger partial charge < -0.3 is 25.4 Å². The number of carbonyl (C=O) groups excluding carboxylic acids is 3. The van der Waals surface area contributed by atoms with Gasteiger partial charge in [-0.25, -0.2) is 18.6 Å². The Hall–Kier alpha value is -4.58. The van der Waals surface area contributed by atoms with Crippen molar-refractivity contribution in [3.8, 4) is 11.5 Å². The largest absolute Gasteiger partial charge is 0.457 e. The number of pyridine rings is 1. The van der Waals surface area contributed by atoms with Gasteiger partial charge in [-0.2, -0.15) is 0 Å². The molecule has 12 heteroatoms. The number of hydrogen-bond acceptors (Lipinski definition) is 6. The fraction of sp³-hybridized carbons (Fsp3) is 0.259. The van der Waals surface area contributed by atoms with E-state index in [1.807, 2.05) is 0 Å². The number of rotatable bonds is 7. The maximum absolute atomic E-state index is 14.8. The van der Waals surface area contributed by atoms with E-state index in [-0.39, 0.29) is 29.5 Å². The van der Waals surface area contributed by atoms with E-state index in [4.69, 9.17) is 4.74 Å². The predicted molar refractivity (Wildman–Crippen MR) is 137 cm³/mol. The first-order valence-electron chi connectivity index (χ1n) is 12.3. The molecule has 4 N–H and O–H groups in total. The van der Waals surface area contributed by atoms with Crippen molar-refractivity contribution in [3.63, 3.8) is 0 Å². The van der Waals surface area contributed by atoms with E-state index in [9.17, 15) is 28.3 Å². The zero-order chi connectivity index (χ0) is 27.6. The van der Waals surface area contributed by atoms with Crippen LogP contribution in [-0.4, -0.2) is 52.0 Å². The van der Waals surface area contributed by atoms with Crippen molar-refractivity contribution in [2.45, 2.75) is 25.4 Å². The summed E-state index contributed by atoms with van der Waals surface area (Å²) in [5.74, 6) is -1.78. The van der Waals surface area contributed by atoms with E-state index < -0.39 is 41.0 Å². The number of nitrogens with one attached hydrogen (secondary N) is 3. The van der Waals surface area contributed by atoms with E-state index in [0.717, 1.165) is 6.07 Å². The smallest absolute Gasteiger partial charge is 0.323 e. The van der Waals surface area contributed by atoms with Gasteiger partial charge in [-0.15, -0.1) is 0 Å². The highest BCUT2D eigenvalue weighted by Crippen LogP contribution is 2.47. The molecule has 1 aromatic heterocycles. The van der Waals surface area contributed by atoms with Crippen LogP contribution in [0.4, 0.5) is 30.8 Å². The number of aliphatic hydroxyl groups is 1. The molecule has 0 spiro atoms. The van der Waals surface area contributed by atoms with Crippen molar-refractivity contribution in [1.82, 2.24) is 9.88 Å². The van der Waals surface area contributed by atoms with Crippen LogP contribution in [0.5, 0.6) is 11.5 Å². The Kier molecular flexibility index (Phi) is 7.11. The summed E-state index contributed by atoms with van der Waals surface area (Å²) in [5, 5.41) is 17.3. The predicted octanol–water partition coefficient (Wildman–Crippen LogP) is 4.11. The maximum atomic E-state index is 14.8. The quantitative estimate of drug-likeness (QED) is 0.336. The van der Waals surface area contributed by atoms with Gasteiger partial charge in [-0.05, 0) is 61.7 Å². The first-order valence-corrected chi connectivity index (χ1v) is 12.3. The van der Waals surface area contributed by atoms with Crippen LogP contribution in [-0.2, 0) is 9.59 Å². The normalized spacial score (nSPS) is 17.3. The number of anilines is 3. The van der Waals surface area contributed by atoms with Crippen LogP contribution in [0.1, 0.15) is 19.3 Å². The molecule has 39 heavy (non-hydrogen) atoms. The molecule has 2 fully saturated rings. The first kappa shape index (κ1) is 26.0. The van der Waals surface area contributed by atoms with Gasteiger partial charge in [0.15, 0.2) is 0 Å². The molecule has 1 saturated heterocycles. The lowest BCUT2D eigenvalue weighted by Crippen LogP contribution is -2.35. The number of halogens is 2. The molecule has 0 unspecified atom stereocenters. The molecule has 2 aromatic carbocycles. The Balaban J connectivity index is 1.19. The van der Waals surface area contributed by atoms with Gasteiger partial charge in [0, 0.05) is 37.1 Å². The standard InChI is InChI=1S/C27H25F2N5O5/c28-16-1-3-17(4-2-16)31-24(36)27(9-10-27)25(37)32-22-6-5-19(13-21(22)29)39-20-7-11-30-23(14-20)33-26(38)34-12-8-18(35)15-34/h1-7,11,13-14,18,35H,8-10,12,15H2,(H,31,36)(H,32,37)(H,30,33,38)/t18-/m0/s1. The van der Waals surface area contributed by atoms with E-state index in [2.05, 4.69) is 20.9 Å². The zero-order valence-electron chi connectivity index (χ0n) is 20.6. The third kappa shape index (κ3) is 5.96. The Labute approximate surface area is 222 Å². The minimum atomic E-state index is -1.33. The van der Waals surface area contributed by atoms with Crippen LogP contribution >= 0.6 is 0 Å². The molecule has 202 valence electrons. The second-order valence-corrected chi connectivity index (χ2v) is 9.44. The Morgan fingerprint density at radius 1 is 0.949 bits per heavy atom. The van der Waals surface area contributed by atoms with Crippen molar-refractivity contribution >= 4 is 35.0 Å². The Morgan fingerprint density at radius 2 is 1.67 bits per heavy atom. The molecular formula is C27H25F2N5O5. The number of nitrogens with zero attached hydrogens (tertiary/aromatic N) is 2. The van der Waals surface area contributed by atoms with E-state index in [1.165, 1.54) is 59.6 Å². The number of ether oxygens (including phenoxy) is 1. The molecule has 4 amide bonds. The summed E-state index contributed by atoms with van der Waals surface area (Å²) in [6.45, 7) is 0.676. The molecule has 1 atom stereocenters. The van der Waals surface area contributed by atoms with Crippen molar-refractivity contribution in [2.24, 2.45) is 5.41 Å². The molecule has 1 aliphatic carbocycles. The first-order chi connectivity index (χ1) is 18.7. The van der Waals surface area contributed by atoms with Gasteiger partial charge in [-0.3, -0.25) is 14.9 Å². The summed E-state index contributed by atoms with van der Waals surface area (Å²) < 4.78 is 33.6. The molecular weight excluding hydrogens is 512 g/mol. The van der Waals surface area contributed by atoms with Crippen molar-refractivity contribution in [1.29, 1.82) is 0 Å². The minimum absolute atomic E-state index is 0.122. The van der Waals surface area contributed by atoms with Gasteiger partial charge in [0.2, 0.25) is 11.8 Å². The van der Waals surface area contributed by atoms with Crippen molar-refractivity contribution in [3.05, 3.63) is 72.4 Å². The molecule has 1 aliphatic heterocycles. The number of amides is 4. The number of hydrogen-bond donors (Lipinski definition) is 4. The lowest BCUT2D eigenvalue weighted by Gasteiger charge is -2.17. The number of benzene rings is 2. The average Bonchev–Trinajstić information content (AvgIpc) is 3.61. The number of β-amino-alcohol motifs (C(OH)–C–C–N with tert-alkyl or cyclic N) is 1. The lowest BCUT2D eigenvalue weighted by atomic mass is 10.0. The van der Waals surface area contributed by atoms with Crippen molar-refractivity contribution < 1.29 is 33.0 Å². The summed E-state index contributed by atoms with van der Waals surface area (Å²) in [4.78, 5) is 43.4. The van der Waals surface area contributed by atoms with Gasteiger partial charge in [-0.1, -0.05) is 0 Å². The van der Waals surface area contributed by atoms with Crippen LogP contribution in [0, 0.1) is 17.0 Å². The van der Waals surface area contributed by atoms with E-state index >= 15 is 0 Å². The van der Waals surface area contributed by atoms with Crippen LogP contribution in [0.2, 0.25) is 0 Å². The average molecular weight is 538 g/mol. The summed E-state index contributed by atoms with van der Waals surface area (Å²) in [6, 6.07) is 11.6. The zero-order valence-corrected chi connectivity index (χ0v) is 20.6. The maximum Gasteiger partial charge on any atom is 0.323 e. The number of carbonyl (C=O) groups is 3. The van der Waals surface area contributed by atoms with Crippen LogP contribution in [0.15, 0.2) is 60.8 Å². The molecule has 0 radical (unpaired) electrons. The lowest BCUT2D eigenvalue weighted by molar-refractivity contribution is -0.131. The van der Waals surface area contributed by atoms with E-state index in [0.29, 0.717) is 31.5 Å². The molecule has 10 nitrogen and oxygen atoms in total. The number of urea groups is 1. The fourth-order valence-electron chi connectivity index (χ4n) is 4.16. The molecule has 0 bridgehead atoms. The molecule has 3 aromatic rings. The molecule has 1 saturated carbocycles. The second-order valence-electron chi connectivity index (χ2n) is 9.44. The van der Waals surface area contributed by atoms with Crippen LogP contribution in [0.25, 0.3) is 0 Å². The second kappa shape index (κ2) is 10.7. The topological polar surface area (TPSA) is 133 Å². The highest BCUT2D eigenvalue weighted by molar-refractivity contribution is 6.16. The van der Waals surface area contributed by atoms with Crippen LogP contribution < -0.4 is 20.7 Å². The molecule has 2 aliphatic rings. The summed E-state index contributed by atoms with van der Waals surface area (Å²) in [7, 11) is 0. The van der Waals surface area contributed by atoms with Gasteiger partial charge in [0.25, 0.3) is 0 Å². The summed E-state index contributed by atoms with van der Waals surface area (Å²) in [5.41, 5.74) is -1.10. The SMILES string of the molecule is O=C(Nc1cc(Oc2ccc(NC(=O)C3(C(=O)Nc4ccc(F)cc4)CC3)c(F)c2)ccn1)N1CC[C@H](O)C1. The van der Waals surface area contributed by atoms with Gasteiger partial charge >= 0.3 is 6.03 Å². The van der Waals surface area contributed by atoms with E-state index in [1.54, 1.807) is 0 Å². The molecule has 5 rings (SSSR count). The Morgan fingerprint density at radius 3 is 2.33 bits per heavy atom. The third-order valence-electron chi connectivity index (χ3n) is 6.56. The summed E-state index contributed by atoms with van der Waals surface area (Å²) in [6.07, 6.45) is 1.98. The Bertz CT molecular complexity index is 1410. The van der Waals surface area contributed by atoms with Crippen molar-refractivity contribution in [2.75, 3.05) is 29.0 Å². The number of aromatic nitrogens is 1. The minimum Gasteiger partial charge on any atom is -0.457 e. The number of likely N-dealkylation sites (tertiary alicyclic amines) is 1. The third-order valence-corrected chi connectivity index (χ3v) is 6.56. The number of aliphatic hydroxyl groups excluding tert-OH is 1. The highest BCUT2D eigenvalue weighted by Gasteiger charge is 2.56.